The van der Waals surface area contributed by atoms with Crippen LogP contribution in [0.2, 0.25) is 0 Å². The number of methoxy groups -OCH3 is 1. The summed E-state index contributed by atoms with van der Waals surface area (Å²) in [6.45, 7) is 14.4. The molecule has 3 heteroatoms. The summed E-state index contributed by atoms with van der Waals surface area (Å²) in [7, 11) is 1.39. The van der Waals surface area contributed by atoms with Crippen molar-refractivity contribution >= 4 is 5.97 Å². The standard InChI is InChI=1S/C18H28O3/c1-11-9-13(17(2,3)4)16(20)15(18(5,6)7)12(11)10-14(19)21-8/h9,20H,10H2,1-8H3. The third-order valence-electron chi connectivity index (χ3n) is 3.74. The SMILES string of the molecule is COC(=O)Cc1c(C)cc(C(C)(C)C)c(O)c1C(C)(C)C. The maximum Gasteiger partial charge on any atom is 0.310 e. The Kier molecular flexibility index (Phi) is 4.76. The first-order valence-electron chi connectivity index (χ1n) is 7.32. The summed E-state index contributed by atoms with van der Waals surface area (Å²) in [5.41, 5.74) is 3.25. The van der Waals surface area contributed by atoms with E-state index in [2.05, 4.69) is 41.5 Å². The van der Waals surface area contributed by atoms with Gasteiger partial charge in [0.1, 0.15) is 5.75 Å². The van der Waals surface area contributed by atoms with E-state index in [4.69, 9.17) is 4.74 Å². The smallest absolute Gasteiger partial charge is 0.310 e. The Morgan fingerprint density at radius 3 is 2.05 bits per heavy atom. The zero-order valence-corrected chi connectivity index (χ0v) is 14.5. The number of carbonyl (C=O) groups is 1. The Morgan fingerprint density at radius 2 is 1.67 bits per heavy atom. The molecule has 0 bridgehead atoms. The van der Waals surface area contributed by atoms with Crippen molar-refractivity contribution in [2.75, 3.05) is 7.11 Å². The van der Waals surface area contributed by atoms with Crippen LogP contribution in [0.1, 0.15) is 63.8 Å². The highest BCUT2D eigenvalue weighted by atomic mass is 16.5. The van der Waals surface area contributed by atoms with E-state index < -0.39 is 0 Å². The van der Waals surface area contributed by atoms with E-state index in [1.165, 1.54) is 7.11 Å². The lowest BCUT2D eigenvalue weighted by Gasteiger charge is -2.30. The van der Waals surface area contributed by atoms with Gasteiger partial charge in [0.25, 0.3) is 0 Å². The third-order valence-corrected chi connectivity index (χ3v) is 3.74. The predicted molar refractivity (Wildman–Crippen MR) is 86.0 cm³/mol. The lowest BCUT2D eigenvalue weighted by Crippen LogP contribution is -2.22. The van der Waals surface area contributed by atoms with E-state index in [9.17, 15) is 9.90 Å². The molecule has 0 radical (unpaired) electrons. The van der Waals surface area contributed by atoms with Gasteiger partial charge in [-0.15, -0.1) is 0 Å². The second-order valence-electron chi connectivity index (χ2n) is 7.70. The highest BCUT2D eigenvalue weighted by molar-refractivity contribution is 5.74. The van der Waals surface area contributed by atoms with Gasteiger partial charge in [-0.1, -0.05) is 47.6 Å². The normalized spacial score (nSPS) is 12.4. The molecule has 0 aromatic heterocycles. The zero-order valence-electron chi connectivity index (χ0n) is 14.5. The van der Waals surface area contributed by atoms with Crippen LogP contribution < -0.4 is 0 Å². The maximum atomic E-state index is 11.7. The molecule has 0 saturated carbocycles. The largest absolute Gasteiger partial charge is 0.507 e. The van der Waals surface area contributed by atoms with Crippen molar-refractivity contribution < 1.29 is 14.6 Å². The molecule has 0 atom stereocenters. The van der Waals surface area contributed by atoms with Gasteiger partial charge in [0.2, 0.25) is 0 Å². The molecule has 0 spiro atoms. The molecule has 0 aliphatic carbocycles. The number of ether oxygens (including phenoxy) is 1. The maximum absolute atomic E-state index is 11.7. The van der Waals surface area contributed by atoms with Crippen molar-refractivity contribution in [1.82, 2.24) is 0 Å². The molecule has 0 aliphatic rings. The van der Waals surface area contributed by atoms with E-state index >= 15 is 0 Å². The first-order valence-corrected chi connectivity index (χ1v) is 7.32. The predicted octanol–water partition coefficient (Wildman–Crippen LogP) is 4.01. The minimum absolute atomic E-state index is 0.154. The molecule has 1 rings (SSSR count). The molecule has 1 aromatic carbocycles. The van der Waals surface area contributed by atoms with Gasteiger partial charge in [0.15, 0.2) is 0 Å². The number of phenols is 1. The summed E-state index contributed by atoms with van der Waals surface area (Å²) >= 11 is 0. The second kappa shape index (κ2) is 5.70. The van der Waals surface area contributed by atoms with Crippen LogP contribution in [0.15, 0.2) is 6.07 Å². The third kappa shape index (κ3) is 3.78. The van der Waals surface area contributed by atoms with Gasteiger partial charge >= 0.3 is 5.97 Å². The van der Waals surface area contributed by atoms with Crippen LogP contribution in [0.25, 0.3) is 0 Å². The molecule has 0 unspecified atom stereocenters. The minimum atomic E-state index is -0.286. The van der Waals surface area contributed by atoms with Crippen LogP contribution in [0.4, 0.5) is 0 Å². The number of benzene rings is 1. The summed E-state index contributed by atoms with van der Waals surface area (Å²) in [6, 6.07) is 1.99. The summed E-state index contributed by atoms with van der Waals surface area (Å²) in [4.78, 5) is 11.7. The number of aryl methyl sites for hydroxylation is 1. The summed E-state index contributed by atoms with van der Waals surface area (Å²) in [5.74, 6) is 0.0195. The number of aromatic hydroxyl groups is 1. The zero-order chi connectivity index (χ0) is 16.6. The summed E-state index contributed by atoms with van der Waals surface area (Å²) in [6.07, 6.45) is 0.187. The molecular formula is C18H28O3. The van der Waals surface area contributed by atoms with E-state index in [1.54, 1.807) is 0 Å². The van der Waals surface area contributed by atoms with Crippen LogP contribution >= 0.6 is 0 Å². The molecule has 1 aromatic rings. The molecule has 3 nitrogen and oxygen atoms in total. The lowest BCUT2D eigenvalue weighted by atomic mass is 9.75. The first kappa shape index (κ1) is 17.5. The van der Waals surface area contributed by atoms with Crippen molar-refractivity contribution in [2.24, 2.45) is 0 Å². The molecule has 21 heavy (non-hydrogen) atoms. The molecule has 0 amide bonds. The van der Waals surface area contributed by atoms with Crippen LogP contribution in [-0.2, 0) is 26.8 Å². The fourth-order valence-electron chi connectivity index (χ4n) is 2.67. The number of phenolic OH excluding ortho intramolecular Hbond substituents is 1. The van der Waals surface area contributed by atoms with Crippen LogP contribution in [0, 0.1) is 6.92 Å². The van der Waals surface area contributed by atoms with Gasteiger partial charge in [0, 0.05) is 5.56 Å². The van der Waals surface area contributed by atoms with E-state index in [1.807, 2.05) is 13.0 Å². The fourth-order valence-corrected chi connectivity index (χ4v) is 2.67. The molecule has 1 N–H and O–H groups in total. The molecular weight excluding hydrogens is 264 g/mol. The molecule has 118 valence electrons. The molecule has 0 heterocycles. The Labute approximate surface area is 128 Å². The van der Waals surface area contributed by atoms with E-state index in [0.717, 1.165) is 22.3 Å². The van der Waals surface area contributed by atoms with Gasteiger partial charge in [-0.25, -0.2) is 0 Å². The summed E-state index contributed by atoms with van der Waals surface area (Å²) in [5, 5.41) is 10.8. The topological polar surface area (TPSA) is 46.5 Å². The van der Waals surface area contributed by atoms with Gasteiger partial charge in [-0.05, 0) is 34.4 Å². The fraction of sp³-hybridized carbons (Fsp3) is 0.611. The van der Waals surface area contributed by atoms with Crippen molar-refractivity contribution in [2.45, 2.75) is 65.7 Å². The number of rotatable bonds is 2. The minimum Gasteiger partial charge on any atom is -0.507 e. The Morgan fingerprint density at radius 1 is 1.14 bits per heavy atom. The van der Waals surface area contributed by atoms with Crippen molar-refractivity contribution in [1.29, 1.82) is 0 Å². The quantitative estimate of drug-likeness (QED) is 0.838. The van der Waals surface area contributed by atoms with E-state index in [0.29, 0.717) is 5.75 Å². The monoisotopic (exact) mass is 292 g/mol. The average Bonchev–Trinajstić information content (AvgIpc) is 2.30. The van der Waals surface area contributed by atoms with Crippen molar-refractivity contribution in [3.63, 3.8) is 0 Å². The lowest BCUT2D eigenvalue weighted by molar-refractivity contribution is -0.139. The van der Waals surface area contributed by atoms with Crippen LogP contribution in [-0.4, -0.2) is 18.2 Å². The first-order chi connectivity index (χ1) is 9.39. The highest BCUT2D eigenvalue weighted by Gasteiger charge is 2.30. The number of hydrogen-bond donors (Lipinski definition) is 1. The number of esters is 1. The van der Waals surface area contributed by atoms with E-state index in [-0.39, 0.29) is 23.2 Å². The Hall–Kier alpha value is -1.51. The Bertz CT molecular complexity index is 543. The number of carbonyl (C=O) groups excluding carboxylic acids is 1. The second-order valence-corrected chi connectivity index (χ2v) is 7.70. The highest BCUT2D eigenvalue weighted by Crippen LogP contribution is 2.42. The van der Waals surface area contributed by atoms with Crippen LogP contribution in [0.3, 0.4) is 0 Å². The molecule has 0 saturated heterocycles. The summed E-state index contributed by atoms with van der Waals surface area (Å²) < 4.78 is 4.79. The number of hydrogen-bond acceptors (Lipinski definition) is 3. The van der Waals surface area contributed by atoms with Gasteiger partial charge in [-0.2, -0.15) is 0 Å². The van der Waals surface area contributed by atoms with Crippen molar-refractivity contribution in [3.05, 3.63) is 28.3 Å². The molecule has 0 fully saturated rings. The molecule has 0 aliphatic heterocycles. The van der Waals surface area contributed by atoms with Gasteiger partial charge in [0.05, 0.1) is 13.5 Å². The van der Waals surface area contributed by atoms with Crippen LogP contribution in [0.5, 0.6) is 5.75 Å². The average molecular weight is 292 g/mol. The van der Waals surface area contributed by atoms with Crippen molar-refractivity contribution in [3.8, 4) is 5.75 Å². The van der Waals surface area contributed by atoms with Gasteiger partial charge < -0.3 is 9.84 Å². The Balaban J connectivity index is 3.66. The van der Waals surface area contributed by atoms with Gasteiger partial charge in [-0.3, -0.25) is 4.79 Å².